The van der Waals surface area contributed by atoms with Crippen molar-refractivity contribution in [3.8, 4) is 0 Å². The van der Waals surface area contributed by atoms with Crippen molar-refractivity contribution in [3.05, 3.63) is 0 Å². The lowest BCUT2D eigenvalue weighted by Gasteiger charge is -2.29. The molecule has 0 aromatic heterocycles. The van der Waals surface area contributed by atoms with Crippen LogP contribution in [-0.2, 0) is 47.9 Å². The number of nitrogens with two attached hydrogens (primary N) is 7. The fraction of sp³-hybridized carbons (Fsp3) is 0.833. The highest BCUT2D eigenvalue weighted by atomic mass is 16.2. The van der Waals surface area contributed by atoms with E-state index >= 15 is 0 Å². The van der Waals surface area contributed by atoms with Crippen LogP contribution in [-0.4, -0.2) is 152 Å². The van der Waals surface area contributed by atoms with Gasteiger partial charge in [-0.25, -0.2) is 0 Å². The molecule has 26 heteroatoms. The molecule has 0 heterocycles. The number of unbranched alkanes of at least 4 members (excludes halogenated alkanes) is 5. The smallest absolute Gasteiger partial charge is 0.243 e. The number of carbonyl (C=O) groups excluding carboxylic acids is 10. The molecule has 0 aromatic rings. The van der Waals surface area contributed by atoms with E-state index in [1.54, 1.807) is 0 Å². The molecule has 0 aliphatic heterocycles. The molecule has 0 aliphatic rings. The molecule has 86 heavy (non-hydrogen) atoms. The topological polar surface area (TPSA) is 461 Å². The molecule has 0 aliphatic carbocycles. The first-order valence-electron chi connectivity index (χ1n) is 31.8. The number of hydrogen-bond acceptors (Lipinski definition) is 16. The average Bonchev–Trinajstić information content (AvgIpc) is 3.51. The second-order valence-corrected chi connectivity index (χ2v) is 25.1. The van der Waals surface area contributed by atoms with Gasteiger partial charge in [0.2, 0.25) is 59.1 Å². The van der Waals surface area contributed by atoms with Crippen LogP contribution in [0.5, 0.6) is 0 Å². The Hall–Kier alpha value is -5.54. The van der Waals surface area contributed by atoms with Crippen molar-refractivity contribution < 1.29 is 47.9 Å². The van der Waals surface area contributed by atoms with Gasteiger partial charge in [0.15, 0.2) is 0 Å². The normalized spacial score (nSPS) is 15.1. The first-order chi connectivity index (χ1) is 40.5. The van der Waals surface area contributed by atoms with Crippen LogP contribution in [0.25, 0.3) is 0 Å². The van der Waals surface area contributed by atoms with E-state index in [4.69, 9.17) is 40.1 Å². The van der Waals surface area contributed by atoms with Crippen LogP contribution >= 0.6 is 0 Å². The van der Waals surface area contributed by atoms with Gasteiger partial charge in [0, 0.05) is 0 Å². The van der Waals surface area contributed by atoms with Gasteiger partial charge >= 0.3 is 0 Å². The molecule has 10 atom stereocenters. The average molecular weight is 1220 g/mol. The molecule has 0 radical (unpaired) electrons. The molecule has 0 fully saturated rings. The van der Waals surface area contributed by atoms with Gasteiger partial charge < -0.3 is 88.0 Å². The predicted octanol–water partition coefficient (Wildman–Crippen LogP) is 0.0377. The van der Waals surface area contributed by atoms with Crippen molar-refractivity contribution in [3.63, 3.8) is 0 Å². The van der Waals surface area contributed by atoms with E-state index in [2.05, 4.69) is 47.9 Å². The van der Waals surface area contributed by atoms with Crippen LogP contribution in [0, 0.1) is 29.6 Å². The summed E-state index contributed by atoms with van der Waals surface area (Å²) in [7, 11) is 0. The Morgan fingerprint density at radius 2 is 0.430 bits per heavy atom. The number of nitrogens with one attached hydrogen (secondary N) is 9. The Bertz CT molecular complexity index is 2030. The zero-order valence-electron chi connectivity index (χ0n) is 54.0. The molecule has 0 aromatic carbocycles. The molecule has 0 saturated carbocycles. The molecule has 10 amide bonds. The van der Waals surface area contributed by atoms with Crippen molar-refractivity contribution in [2.75, 3.05) is 32.7 Å². The Labute approximate surface area is 513 Å². The van der Waals surface area contributed by atoms with Crippen LogP contribution in [0.15, 0.2) is 0 Å². The predicted molar refractivity (Wildman–Crippen MR) is 336 cm³/mol. The second-order valence-electron chi connectivity index (χ2n) is 25.1. The molecular formula is C60H118N16O10. The molecule has 498 valence electrons. The van der Waals surface area contributed by atoms with Gasteiger partial charge in [0.05, 0.1) is 6.04 Å². The van der Waals surface area contributed by atoms with Gasteiger partial charge in [-0.05, 0) is 191 Å². The summed E-state index contributed by atoms with van der Waals surface area (Å²) in [5.74, 6) is -6.92. The third-order valence-corrected chi connectivity index (χ3v) is 14.3. The highest BCUT2D eigenvalue weighted by Gasteiger charge is 2.36. The third kappa shape index (κ3) is 35.3. The van der Waals surface area contributed by atoms with Crippen molar-refractivity contribution in [2.24, 2.45) is 69.7 Å². The van der Waals surface area contributed by atoms with Gasteiger partial charge in [-0.2, -0.15) is 0 Å². The molecule has 0 rings (SSSR count). The second kappa shape index (κ2) is 45.7. The molecule has 0 bridgehead atoms. The van der Waals surface area contributed by atoms with Gasteiger partial charge in [-0.1, -0.05) is 69.2 Å². The maximum atomic E-state index is 14.5. The van der Waals surface area contributed by atoms with E-state index in [-0.39, 0.29) is 87.4 Å². The first kappa shape index (κ1) is 80.5. The zero-order valence-corrected chi connectivity index (χ0v) is 54.0. The number of primary amides is 1. The van der Waals surface area contributed by atoms with Crippen molar-refractivity contribution >= 4 is 59.1 Å². The summed E-state index contributed by atoms with van der Waals surface area (Å²) < 4.78 is 0. The van der Waals surface area contributed by atoms with Gasteiger partial charge in [-0.3, -0.25) is 47.9 Å². The van der Waals surface area contributed by atoms with Gasteiger partial charge in [-0.15, -0.1) is 0 Å². The molecule has 0 saturated heterocycles. The molecular weight excluding hydrogens is 1100 g/mol. The maximum Gasteiger partial charge on any atom is 0.243 e. The fourth-order valence-corrected chi connectivity index (χ4v) is 9.71. The Kier molecular flexibility index (Phi) is 42.8. The highest BCUT2D eigenvalue weighted by Crippen LogP contribution is 2.16. The number of hydrogen-bond donors (Lipinski definition) is 16. The van der Waals surface area contributed by atoms with Gasteiger partial charge in [0.25, 0.3) is 0 Å². The SMILES string of the molecule is CC(C)C[C@H](NC(=O)[C@H](CCCCN)NC(=O)[C@H](CC(C)C)NC(=O)[C@H](CCCCN)NC(=O)[C@H](CC(C)C)NC(=O)[C@H](CCCCN)NC(=O)[C@H](CC(C)C)NC(=O)[C@H](CCCCN)NC(=O)[C@@H](N)CC(C)C)C(=O)N[C@@H](CCCCN)C(N)=O. The quantitative estimate of drug-likeness (QED) is 0.0358. The molecule has 23 N–H and O–H groups in total. The van der Waals surface area contributed by atoms with Crippen LogP contribution < -0.4 is 88.0 Å². The van der Waals surface area contributed by atoms with E-state index in [1.165, 1.54) is 0 Å². The van der Waals surface area contributed by atoms with E-state index in [9.17, 15) is 47.9 Å². The minimum absolute atomic E-state index is 0.0764. The molecule has 0 unspecified atom stereocenters. The largest absolute Gasteiger partial charge is 0.368 e. The van der Waals surface area contributed by atoms with E-state index in [1.807, 2.05) is 69.2 Å². The maximum absolute atomic E-state index is 14.5. The lowest BCUT2D eigenvalue weighted by molar-refractivity contribution is -0.136. The Morgan fingerprint density at radius 1 is 0.256 bits per heavy atom. The summed E-state index contributed by atoms with van der Waals surface area (Å²) in [5.41, 5.74) is 40.7. The Balaban J connectivity index is 6.96. The summed E-state index contributed by atoms with van der Waals surface area (Å²) >= 11 is 0. The summed E-state index contributed by atoms with van der Waals surface area (Å²) in [6.07, 6.45) is 6.90. The van der Waals surface area contributed by atoms with Crippen molar-refractivity contribution in [1.82, 2.24) is 47.9 Å². The lowest BCUT2D eigenvalue weighted by Crippen LogP contribution is -2.61. The van der Waals surface area contributed by atoms with Gasteiger partial charge in [0.1, 0.15) is 54.4 Å². The summed E-state index contributed by atoms with van der Waals surface area (Å²) in [4.78, 5) is 140. The summed E-state index contributed by atoms with van der Waals surface area (Å²) in [6.45, 7) is 20.4. The van der Waals surface area contributed by atoms with E-state index in [0.717, 1.165) is 0 Å². The molecule has 0 spiro atoms. The highest BCUT2D eigenvalue weighted by molar-refractivity contribution is 5.98. The summed E-state index contributed by atoms with van der Waals surface area (Å²) in [5, 5.41) is 25.2. The minimum atomic E-state index is -1.23. The Morgan fingerprint density at radius 3 is 0.628 bits per heavy atom. The van der Waals surface area contributed by atoms with Crippen molar-refractivity contribution in [1.29, 1.82) is 0 Å². The van der Waals surface area contributed by atoms with E-state index < -0.39 is 119 Å². The lowest BCUT2D eigenvalue weighted by atomic mass is 9.99. The standard InChI is InChI=1S/C60H118N16O10/c1-36(2)31-41(66)52(78)69-43(22-12-17-27-62)53(79)74-48(33-38(5)6)58(84)71-45(24-14-19-29-64)55(81)76-50(35-40(9)10)60(86)72-46(25-15-20-30-65)56(82)75-49(34-39(7)8)59(85)70-44(23-13-18-28-63)54(80)73-47(32-37(3)4)57(83)68-42(51(67)77)21-11-16-26-61/h36-50H,11-35,61-66H2,1-10H3,(H2,67,77)(H,68,83)(H,69,78)(H,70,85)(H,71,84)(H,72,86)(H,73,80)(H,74,79)(H,75,82)(H,76,81)/t41-,42-,43-,44-,45-,46-,47-,48-,49-,50-/m0/s1. The minimum Gasteiger partial charge on any atom is -0.368 e. The van der Waals surface area contributed by atoms with Crippen LogP contribution in [0.4, 0.5) is 0 Å². The zero-order chi connectivity index (χ0) is 65.5. The summed E-state index contributed by atoms with van der Waals surface area (Å²) in [6, 6.07) is -11.1. The third-order valence-electron chi connectivity index (χ3n) is 14.3. The number of rotatable bonds is 49. The first-order valence-corrected chi connectivity index (χ1v) is 31.8. The van der Waals surface area contributed by atoms with E-state index in [0.29, 0.717) is 103 Å². The number of amides is 10. The van der Waals surface area contributed by atoms with Crippen LogP contribution in [0.2, 0.25) is 0 Å². The molecule has 26 nitrogen and oxygen atoms in total. The fourth-order valence-electron chi connectivity index (χ4n) is 9.71. The van der Waals surface area contributed by atoms with Crippen LogP contribution in [0.3, 0.4) is 0 Å². The van der Waals surface area contributed by atoms with Crippen LogP contribution in [0.1, 0.15) is 198 Å². The monoisotopic (exact) mass is 1220 g/mol. The number of carbonyl (C=O) groups is 10. The van der Waals surface area contributed by atoms with Crippen molar-refractivity contribution in [2.45, 2.75) is 258 Å².